The summed E-state index contributed by atoms with van der Waals surface area (Å²) < 4.78 is 46.6. The fourth-order valence-electron chi connectivity index (χ4n) is 4.48. The Balaban J connectivity index is 1.83. The minimum atomic E-state index is -4.50. The van der Waals surface area contributed by atoms with E-state index in [2.05, 4.69) is 0 Å². The Bertz CT molecular complexity index is 1030. The normalized spacial score (nSPS) is 20.9. The molecule has 1 aromatic carbocycles. The first-order valence-electron chi connectivity index (χ1n) is 9.43. The molecule has 0 N–H and O–H groups in total. The number of nitrogens with zero attached hydrogens (tertiary/aromatic N) is 2. The van der Waals surface area contributed by atoms with Crippen LogP contribution in [0.3, 0.4) is 0 Å². The number of alkyl halides is 3. The van der Waals surface area contributed by atoms with Crippen LogP contribution in [0.25, 0.3) is 11.1 Å². The van der Waals surface area contributed by atoms with Crippen LogP contribution in [0.5, 0.6) is 5.75 Å². The highest BCUT2D eigenvalue weighted by atomic mass is 19.4. The molecule has 8 heteroatoms. The number of rotatable bonds is 2. The number of amides is 1. The molecule has 3 heterocycles. The van der Waals surface area contributed by atoms with Gasteiger partial charge in [0, 0.05) is 49.8 Å². The molecule has 0 spiro atoms. The van der Waals surface area contributed by atoms with E-state index in [-0.39, 0.29) is 34.6 Å². The van der Waals surface area contributed by atoms with Crippen LogP contribution in [0, 0.1) is 5.92 Å². The zero-order valence-electron chi connectivity index (χ0n) is 16.1. The molecular formula is C21H21F3N2O3. The largest absolute Gasteiger partial charge is 0.496 e. The van der Waals surface area contributed by atoms with E-state index in [0.29, 0.717) is 25.2 Å². The van der Waals surface area contributed by atoms with Crippen LogP contribution in [-0.4, -0.2) is 35.6 Å². The van der Waals surface area contributed by atoms with E-state index < -0.39 is 11.7 Å². The highest BCUT2D eigenvalue weighted by molar-refractivity contribution is 5.74. The number of piperidine rings is 1. The molecule has 1 aromatic heterocycles. The average Bonchev–Trinajstić information content (AvgIpc) is 2.67. The molecule has 29 heavy (non-hydrogen) atoms. The zero-order chi connectivity index (χ0) is 20.9. The second-order valence-electron chi connectivity index (χ2n) is 7.75. The SMILES string of the molecule is COc1ccc(C(F)(F)F)cc1-c1cc2n(c(=O)c1)C[C@H]1C[C@@H]2CN(C(C)=O)C1. The number of carbonyl (C=O) groups is 1. The molecular weight excluding hydrogens is 385 g/mol. The number of methoxy groups -OCH3 is 1. The van der Waals surface area contributed by atoms with E-state index in [9.17, 15) is 22.8 Å². The van der Waals surface area contributed by atoms with Crippen molar-refractivity contribution in [1.29, 1.82) is 0 Å². The van der Waals surface area contributed by atoms with Crippen LogP contribution in [0.2, 0.25) is 0 Å². The molecule has 4 rings (SSSR count). The summed E-state index contributed by atoms with van der Waals surface area (Å²) in [6.45, 7) is 3.17. The fourth-order valence-corrected chi connectivity index (χ4v) is 4.48. The van der Waals surface area contributed by atoms with Crippen molar-refractivity contribution in [3.8, 4) is 16.9 Å². The van der Waals surface area contributed by atoms with Crippen molar-refractivity contribution in [2.24, 2.45) is 5.92 Å². The first-order chi connectivity index (χ1) is 13.7. The molecule has 0 saturated carbocycles. The highest BCUT2D eigenvalue weighted by Crippen LogP contribution is 2.40. The molecule has 0 aliphatic carbocycles. The quantitative estimate of drug-likeness (QED) is 0.767. The van der Waals surface area contributed by atoms with Gasteiger partial charge < -0.3 is 14.2 Å². The summed E-state index contributed by atoms with van der Waals surface area (Å²) in [5, 5.41) is 0. The van der Waals surface area contributed by atoms with Crippen molar-refractivity contribution in [3.63, 3.8) is 0 Å². The average molecular weight is 406 g/mol. The molecule has 0 unspecified atom stereocenters. The van der Waals surface area contributed by atoms with Crippen molar-refractivity contribution in [3.05, 3.63) is 51.9 Å². The maximum Gasteiger partial charge on any atom is 0.416 e. The number of hydrogen-bond acceptors (Lipinski definition) is 3. The van der Waals surface area contributed by atoms with Gasteiger partial charge in [-0.25, -0.2) is 0 Å². The van der Waals surface area contributed by atoms with Crippen molar-refractivity contribution in [1.82, 2.24) is 9.47 Å². The van der Waals surface area contributed by atoms with Gasteiger partial charge in [0.1, 0.15) is 5.75 Å². The Morgan fingerprint density at radius 1 is 1.14 bits per heavy atom. The molecule has 2 atom stereocenters. The lowest BCUT2D eigenvalue weighted by atomic mass is 9.82. The van der Waals surface area contributed by atoms with Crippen molar-refractivity contribution >= 4 is 5.91 Å². The summed E-state index contributed by atoms with van der Waals surface area (Å²) in [6, 6.07) is 6.38. The second kappa shape index (κ2) is 6.93. The lowest BCUT2D eigenvalue weighted by Crippen LogP contribution is -2.48. The number of benzene rings is 1. The van der Waals surface area contributed by atoms with Crippen molar-refractivity contribution < 1.29 is 22.7 Å². The molecule has 2 aliphatic heterocycles. The second-order valence-corrected chi connectivity index (χ2v) is 7.75. The Morgan fingerprint density at radius 3 is 2.55 bits per heavy atom. The van der Waals surface area contributed by atoms with Gasteiger partial charge in [-0.15, -0.1) is 0 Å². The number of fused-ring (bicyclic) bond motifs is 4. The van der Waals surface area contributed by atoms with Gasteiger partial charge in [-0.05, 0) is 42.2 Å². The van der Waals surface area contributed by atoms with E-state index >= 15 is 0 Å². The number of ether oxygens (including phenoxy) is 1. The Labute approximate surface area is 165 Å². The fraction of sp³-hybridized carbons (Fsp3) is 0.429. The van der Waals surface area contributed by atoms with Crippen LogP contribution >= 0.6 is 0 Å². The van der Waals surface area contributed by atoms with Gasteiger partial charge in [0.25, 0.3) is 5.56 Å². The predicted octanol–water partition coefficient (Wildman–Crippen LogP) is 3.51. The first-order valence-corrected chi connectivity index (χ1v) is 9.43. The molecule has 1 amide bonds. The first kappa shape index (κ1) is 19.5. The van der Waals surface area contributed by atoms with Gasteiger partial charge >= 0.3 is 6.18 Å². The zero-order valence-corrected chi connectivity index (χ0v) is 16.1. The van der Waals surface area contributed by atoms with Gasteiger partial charge in [-0.2, -0.15) is 13.2 Å². The molecule has 1 saturated heterocycles. The van der Waals surface area contributed by atoms with Gasteiger partial charge in [-0.3, -0.25) is 9.59 Å². The van der Waals surface area contributed by atoms with E-state index in [1.165, 1.54) is 26.2 Å². The predicted molar refractivity (Wildman–Crippen MR) is 101 cm³/mol. The number of carbonyl (C=O) groups excluding carboxylic acids is 1. The third-order valence-corrected chi connectivity index (χ3v) is 5.84. The Morgan fingerprint density at radius 2 is 1.90 bits per heavy atom. The Kier molecular flexibility index (Phi) is 4.67. The summed E-state index contributed by atoms with van der Waals surface area (Å²) >= 11 is 0. The smallest absolute Gasteiger partial charge is 0.416 e. The van der Waals surface area contributed by atoms with Gasteiger partial charge in [0.15, 0.2) is 0 Å². The summed E-state index contributed by atoms with van der Waals surface area (Å²) in [7, 11) is 1.38. The molecule has 154 valence electrons. The number of hydrogen-bond donors (Lipinski definition) is 0. The van der Waals surface area contributed by atoms with Crippen LogP contribution in [-0.2, 0) is 17.5 Å². The molecule has 2 aliphatic rings. The third kappa shape index (κ3) is 3.52. The van der Waals surface area contributed by atoms with Gasteiger partial charge in [0.2, 0.25) is 5.91 Å². The summed E-state index contributed by atoms with van der Waals surface area (Å²) in [5.74, 6) is 0.448. The summed E-state index contributed by atoms with van der Waals surface area (Å²) in [4.78, 5) is 26.4. The van der Waals surface area contributed by atoms with Crippen molar-refractivity contribution in [2.75, 3.05) is 20.2 Å². The number of halogens is 3. The van der Waals surface area contributed by atoms with E-state index in [1.54, 1.807) is 15.5 Å². The maximum absolute atomic E-state index is 13.2. The molecule has 2 aromatic rings. The minimum absolute atomic E-state index is 0.00815. The standard InChI is InChI=1S/C21H21F3N2O3/c1-12(27)25-9-13-5-15(11-25)18-6-14(7-20(28)26(18)10-13)17-8-16(21(22,23)24)3-4-19(17)29-2/h3-4,6-8,13,15H,5,9-11H2,1-2H3/t13-,15+/m0/s1. The summed E-state index contributed by atoms with van der Waals surface area (Å²) in [5.41, 5.74) is 0.329. The minimum Gasteiger partial charge on any atom is -0.496 e. The molecule has 1 fully saturated rings. The highest BCUT2D eigenvalue weighted by Gasteiger charge is 2.36. The summed E-state index contributed by atoms with van der Waals surface area (Å²) in [6.07, 6.45) is -3.64. The van der Waals surface area contributed by atoms with Crippen molar-refractivity contribution in [2.45, 2.75) is 32.0 Å². The van der Waals surface area contributed by atoms with Gasteiger partial charge in [0.05, 0.1) is 12.7 Å². The number of aromatic nitrogens is 1. The van der Waals surface area contributed by atoms with E-state index in [1.807, 2.05) is 0 Å². The monoisotopic (exact) mass is 406 g/mol. The van der Waals surface area contributed by atoms with E-state index in [4.69, 9.17) is 4.74 Å². The molecule has 2 bridgehead atoms. The molecule has 0 radical (unpaired) electrons. The number of likely N-dealkylation sites (tertiary alicyclic amines) is 1. The van der Waals surface area contributed by atoms with Crippen LogP contribution in [0.15, 0.2) is 35.1 Å². The molecule has 5 nitrogen and oxygen atoms in total. The van der Waals surface area contributed by atoms with Gasteiger partial charge in [-0.1, -0.05) is 0 Å². The van der Waals surface area contributed by atoms with Crippen LogP contribution in [0.1, 0.15) is 30.5 Å². The topological polar surface area (TPSA) is 51.5 Å². The lowest BCUT2D eigenvalue weighted by Gasteiger charge is -2.42. The third-order valence-electron chi connectivity index (χ3n) is 5.84. The Hall–Kier alpha value is -2.77. The lowest BCUT2D eigenvalue weighted by molar-refractivity contribution is -0.137. The maximum atomic E-state index is 13.2. The van der Waals surface area contributed by atoms with E-state index in [0.717, 1.165) is 24.2 Å². The van der Waals surface area contributed by atoms with Crippen LogP contribution in [0.4, 0.5) is 13.2 Å². The van der Waals surface area contributed by atoms with Crippen LogP contribution < -0.4 is 10.3 Å². The number of pyridine rings is 1.